The molecule has 0 radical (unpaired) electrons. The number of carboxylic acid groups (broad SMARTS) is 1. The Balaban J connectivity index is 1.80. The first-order chi connectivity index (χ1) is 15.7. The number of hydrogen-bond acceptors (Lipinski definition) is 7. The minimum absolute atomic E-state index is 0.0102. The summed E-state index contributed by atoms with van der Waals surface area (Å²) in [5.74, 6) is -1.68. The Morgan fingerprint density at radius 2 is 1.88 bits per heavy atom. The molecule has 11 heteroatoms. The van der Waals surface area contributed by atoms with E-state index in [1.165, 1.54) is 30.0 Å². The molecule has 5 atom stereocenters. The summed E-state index contributed by atoms with van der Waals surface area (Å²) < 4.78 is 0. The Morgan fingerprint density at radius 1 is 1.18 bits per heavy atom. The first-order valence-corrected chi connectivity index (χ1v) is 11.9. The Hall–Kier alpha value is -2.85. The number of thioether (sulfide) groups is 1. The maximum Gasteiger partial charge on any atom is 0.337 e. The van der Waals surface area contributed by atoms with E-state index in [9.17, 15) is 30.1 Å². The van der Waals surface area contributed by atoms with E-state index < -0.39 is 27.1 Å². The summed E-state index contributed by atoms with van der Waals surface area (Å²) in [6.07, 6.45) is 2.18. The van der Waals surface area contributed by atoms with Gasteiger partial charge in [0, 0.05) is 29.3 Å². The van der Waals surface area contributed by atoms with E-state index in [1.807, 2.05) is 6.92 Å². The lowest BCUT2D eigenvalue weighted by Gasteiger charge is -2.38. The first kappa shape index (κ1) is 23.3. The van der Waals surface area contributed by atoms with Crippen LogP contribution in [-0.2, 0) is 0 Å². The summed E-state index contributed by atoms with van der Waals surface area (Å²) in [5.41, 5.74) is 0.397. The van der Waals surface area contributed by atoms with Gasteiger partial charge in [-0.1, -0.05) is 25.5 Å². The normalized spacial score (nSPS) is 25.6. The maximum atomic E-state index is 11.9. The molecule has 2 aromatic rings. The Kier molecular flexibility index (Phi) is 6.49. The van der Waals surface area contributed by atoms with Crippen molar-refractivity contribution in [3.05, 3.63) is 67.8 Å². The molecule has 0 saturated heterocycles. The molecule has 1 aliphatic heterocycles. The number of fused-ring (bicyclic) bond motifs is 3. The smallest absolute Gasteiger partial charge is 0.337 e. The fraction of sp³-hybridized carbons (Fsp3) is 0.409. The number of benzene rings is 2. The van der Waals surface area contributed by atoms with Crippen LogP contribution in [0.25, 0.3) is 0 Å². The monoisotopic (exact) mass is 491 g/mol. The van der Waals surface area contributed by atoms with Gasteiger partial charge in [0.05, 0.1) is 36.9 Å². The predicted molar refractivity (Wildman–Crippen MR) is 126 cm³/mol. The number of carboxylic acids is 1. The first-order valence-electron chi connectivity index (χ1n) is 10.6. The van der Waals surface area contributed by atoms with Crippen LogP contribution in [-0.4, -0.2) is 37.6 Å². The minimum Gasteiger partial charge on any atom is -0.478 e. The van der Waals surface area contributed by atoms with E-state index in [0.717, 1.165) is 12.8 Å². The number of hydrogen-bond donors (Lipinski definition) is 2. The number of nitro benzene ring substituents is 2. The number of carbonyl (C=O) groups is 1. The third-order valence-corrected chi connectivity index (χ3v) is 8.55. The van der Waals surface area contributed by atoms with Gasteiger partial charge in [-0.25, -0.2) is 4.79 Å². The van der Waals surface area contributed by atoms with Gasteiger partial charge in [-0.05, 0) is 30.9 Å². The highest BCUT2D eigenvalue weighted by Crippen LogP contribution is 2.57. The van der Waals surface area contributed by atoms with E-state index in [1.54, 1.807) is 18.2 Å². The molecule has 1 heterocycles. The molecular weight excluding hydrogens is 470 g/mol. The van der Waals surface area contributed by atoms with E-state index in [2.05, 4.69) is 5.32 Å². The molecule has 9 nitrogen and oxygen atoms in total. The lowest BCUT2D eigenvalue weighted by molar-refractivity contribution is -0.387. The Bertz CT molecular complexity index is 1130. The summed E-state index contributed by atoms with van der Waals surface area (Å²) in [6, 6.07) is 8.82. The van der Waals surface area contributed by atoms with E-state index in [0.29, 0.717) is 16.9 Å². The van der Waals surface area contributed by atoms with Crippen LogP contribution in [0, 0.1) is 26.1 Å². The number of anilines is 1. The molecule has 0 bridgehead atoms. The zero-order valence-electron chi connectivity index (χ0n) is 17.6. The average molecular weight is 492 g/mol. The SMILES string of the molecule is CCC[C@H]1Nc2c(C(=O)O)ccc([N+](=O)[O-])c2[C@H]2[C@@H](Cl)[C@@H](Sc3ccccc3[N+](=O)[O-])C[C@@H]21. The minimum atomic E-state index is -1.17. The fourth-order valence-electron chi connectivity index (χ4n) is 5.11. The second-order valence-electron chi connectivity index (χ2n) is 8.27. The molecule has 1 fully saturated rings. The van der Waals surface area contributed by atoms with Crippen molar-refractivity contribution < 1.29 is 19.7 Å². The largest absolute Gasteiger partial charge is 0.478 e. The standard InChI is InChI=1S/C22H22ClN3O6S/c1-2-5-13-12-10-17(33-16-7-4-3-6-14(16)25(29)30)20(23)18(12)19-15(26(31)32)9-8-11(22(27)28)21(19)24-13/h3-4,6-9,12-13,17-18,20,24H,2,5,10H2,1H3,(H,27,28)/t12-,13-,17+,18+,20+/m1/s1. The number of alkyl halides is 1. The van der Waals surface area contributed by atoms with Crippen molar-refractivity contribution in [2.75, 3.05) is 5.32 Å². The molecule has 1 aliphatic carbocycles. The van der Waals surface area contributed by atoms with E-state index >= 15 is 0 Å². The van der Waals surface area contributed by atoms with Crippen LogP contribution in [0.2, 0.25) is 0 Å². The van der Waals surface area contributed by atoms with Gasteiger partial charge in [0.1, 0.15) is 0 Å². The number of aromatic carboxylic acids is 1. The highest BCUT2D eigenvalue weighted by molar-refractivity contribution is 8.00. The van der Waals surface area contributed by atoms with Gasteiger partial charge in [-0.2, -0.15) is 0 Å². The van der Waals surface area contributed by atoms with Crippen LogP contribution < -0.4 is 5.32 Å². The molecule has 2 N–H and O–H groups in total. The lowest BCUT2D eigenvalue weighted by atomic mass is 9.76. The molecule has 2 aliphatic rings. The summed E-state index contributed by atoms with van der Waals surface area (Å²) in [6.45, 7) is 2.02. The topological polar surface area (TPSA) is 136 Å². The zero-order valence-corrected chi connectivity index (χ0v) is 19.2. The second kappa shape index (κ2) is 9.18. The number of nitrogens with zero attached hydrogens (tertiary/aromatic N) is 2. The van der Waals surface area contributed by atoms with Crippen molar-refractivity contribution in [3.63, 3.8) is 0 Å². The van der Waals surface area contributed by atoms with Crippen LogP contribution in [0.4, 0.5) is 17.1 Å². The molecule has 33 heavy (non-hydrogen) atoms. The van der Waals surface area contributed by atoms with Gasteiger partial charge < -0.3 is 10.4 Å². The number of nitro groups is 2. The van der Waals surface area contributed by atoms with Crippen molar-refractivity contribution >= 4 is 46.4 Å². The van der Waals surface area contributed by atoms with Crippen molar-refractivity contribution in [1.29, 1.82) is 0 Å². The molecule has 0 aromatic heterocycles. The van der Waals surface area contributed by atoms with Crippen LogP contribution in [0.1, 0.15) is 48.0 Å². The Labute approximate surface area is 198 Å². The van der Waals surface area contributed by atoms with Crippen molar-refractivity contribution in [2.45, 2.75) is 53.7 Å². The van der Waals surface area contributed by atoms with Gasteiger partial charge in [0.25, 0.3) is 11.4 Å². The highest BCUT2D eigenvalue weighted by atomic mass is 35.5. The van der Waals surface area contributed by atoms with Crippen LogP contribution in [0.5, 0.6) is 0 Å². The van der Waals surface area contributed by atoms with Gasteiger partial charge in [0.2, 0.25) is 0 Å². The molecule has 174 valence electrons. The van der Waals surface area contributed by atoms with Crippen molar-refractivity contribution in [2.24, 2.45) is 5.92 Å². The number of para-hydroxylation sites is 1. The number of nitrogens with one attached hydrogen (secondary N) is 1. The third-order valence-electron chi connectivity index (χ3n) is 6.43. The third kappa shape index (κ3) is 4.13. The summed E-state index contributed by atoms with van der Waals surface area (Å²) in [7, 11) is 0. The summed E-state index contributed by atoms with van der Waals surface area (Å²) in [5, 5.41) is 35.5. The lowest BCUT2D eigenvalue weighted by Crippen LogP contribution is -2.38. The maximum absolute atomic E-state index is 11.9. The average Bonchev–Trinajstić information content (AvgIpc) is 3.09. The van der Waals surface area contributed by atoms with Gasteiger partial charge >= 0.3 is 5.97 Å². The van der Waals surface area contributed by atoms with E-state index in [-0.39, 0.29) is 39.8 Å². The van der Waals surface area contributed by atoms with Crippen LogP contribution in [0.3, 0.4) is 0 Å². The summed E-state index contributed by atoms with van der Waals surface area (Å²) >= 11 is 8.26. The number of rotatable bonds is 7. The van der Waals surface area contributed by atoms with Crippen LogP contribution in [0.15, 0.2) is 41.3 Å². The van der Waals surface area contributed by atoms with Gasteiger partial charge in [0.15, 0.2) is 0 Å². The molecule has 0 unspecified atom stereocenters. The highest BCUT2D eigenvalue weighted by Gasteiger charge is 2.52. The Morgan fingerprint density at radius 3 is 2.52 bits per heavy atom. The summed E-state index contributed by atoms with van der Waals surface area (Å²) in [4.78, 5) is 34.8. The van der Waals surface area contributed by atoms with Gasteiger partial charge in [-0.3, -0.25) is 20.2 Å². The van der Waals surface area contributed by atoms with Gasteiger partial charge in [-0.15, -0.1) is 23.4 Å². The van der Waals surface area contributed by atoms with Crippen molar-refractivity contribution in [1.82, 2.24) is 0 Å². The van der Waals surface area contributed by atoms with Crippen molar-refractivity contribution in [3.8, 4) is 0 Å². The molecule has 0 amide bonds. The second-order valence-corrected chi connectivity index (χ2v) is 10.1. The zero-order chi connectivity index (χ0) is 23.9. The van der Waals surface area contributed by atoms with Crippen LogP contribution >= 0.6 is 23.4 Å². The molecule has 4 rings (SSSR count). The predicted octanol–water partition coefficient (Wildman–Crippen LogP) is 5.67. The quantitative estimate of drug-likeness (QED) is 0.287. The number of halogens is 1. The van der Waals surface area contributed by atoms with E-state index in [4.69, 9.17) is 11.6 Å². The molecule has 2 aromatic carbocycles. The molecule has 1 saturated carbocycles. The molecular formula is C22H22ClN3O6S. The molecule has 0 spiro atoms. The fourth-order valence-corrected chi connectivity index (χ4v) is 7.05.